The van der Waals surface area contributed by atoms with E-state index in [1.807, 2.05) is 24.5 Å². The Balaban J connectivity index is 1.76. The molecular formula is C23H16Cl2FN3O3. The number of rotatable bonds is 3. The van der Waals surface area contributed by atoms with Crippen molar-refractivity contribution >= 4 is 52.8 Å². The van der Waals surface area contributed by atoms with Gasteiger partial charge in [0.1, 0.15) is 11.4 Å². The number of carbonyl (C=O) groups is 3. The predicted octanol–water partition coefficient (Wildman–Crippen LogP) is 5.21. The molecule has 1 N–H and O–H groups in total. The van der Waals surface area contributed by atoms with Crippen molar-refractivity contribution in [3.63, 3.8) is 0 Å². The Morgan fingerprint density at radius 1 is 0.906 bits per heavy atom. The molecule has 1 fully saturated rings. The minimum atomic E-state index is -0.898. The molecular weight excluding hydrogens is 456 g/mol. The van der Waals surface area contributed by atoms with Crippen LogP contribution in [0, 0.1) is 19.7 Å². The molecule has 2 heterocycles. The third-order valence-corrected chi connectivity index (χ3v) is 5.86. The highest BCUT2D eigenvalue weighted by Gasteiger charge is 2.37. The fraction of sp³-hybridized carbons (Fsp3) is 0.0870. The molecule has 0 spiro atoms. The third kappa shape index (κ3) is 3.81. The summed E-state index contributed by atoms with van der Waals surface area (Å²) in [6.45, 7) is 3.70. The molecule has 0 saturated carbocycles. The number of carbonyl (C=O) groups excluding carboxylic acids is 3. The molecule has 0 atom stereocenters. The number of hydrogen-bond acceptors (Lipinski definition) is 3. The highest BCUT2D eigenvalue weighted by molar-refractivity contribution is 6.42. The standard InChI is InChI=1S/C23H16Cl2FN3O3/c1-12-9-14(13(2)28(12)17-7-8-19(24)20(25)11-17)10-18-21(30)27-23(32)29(22(18)31)16-5-3-15(26)4-6-16/h3-11H,1-2H3,(H,27,30,32)/b18-10-. The minimum Gasteiger partial charge on any atom is -0.318 e. The second-order valence-electron chi connectivity index (χ2n) is 7.19. The van der Waals surface area contributed by atoms with E-state index in [1.165, 1.54) is 18.2 Å². The molecule has 0 bridgehead atoms. The largest absolute Gasteiger partial charge is 0.335 e. The van der Waals surface area contributed by atoms with Crippen LogP contribution in [0.4, 0.5) is 14.9 Å². The molecule has 1 aliphatic rings. The van der Waals surface area contributed by atoms with Gasteiger partial charge in [-0.25, -0.2) is 14.1 Å². The molecule has 1 aromatic heterocycles. The smallest absolute Gasteiger partial charge is 0.318 e. The normalized spacial score (nSPS) is 15.5. The van der Waals surface area contributed by atoms with Gasteiger partial charge in [-0.3, -0.25) is 14.9 Å². The SMILES string of the molecule is Cc1cc(/C=C2/C(=O)NC(=O)N(c3ccc(F)cc3)C2=O)c(C)n1-c1ccc(Cl)c(Cl)c1. The Kier molecular flexibility index (Phi) is 5.62. The molecule has 4 amide bonds. The van der Waals surface area contributed by atoms with Crippen LogP contribution in [0.5, 0.6) is 0 Å². The van der Waals surface area contributed by atoms with Gasteiger partial charge in [-0.1, -0.05) is 23.2 Å². The monoisotopic (exact) mass is 471 g/mol. The number of urea groups is 1. The maximum Gasteiger partial charge on any atom is 0.335 e. The van der Waals surface area contributed by atoms with Crippen molar-refractivity contribution in [2.24, 2.45) is 0 Å². The summed E-state index contributed by atoms with van der Waals surface area (Å²) >= 11 is 12.2. The molecule has 3 aromatic rings. The van der Waals surface area contributed by atoms with Crippen molar-refractivity contribution < 1.29 is 18.8 Å². The Morgan fingerprint density at radius 2 is 1.56 bits per heavy atom. The average molecular weight is 472 g/mol. The molecule has 4 rings (SSSR count). The summed E-state index contributed by atoms with van der Waals surface area (Å²) in [6.07, 6.45) is 1.43. The fourth-order valence-corrected chi connectivity index (χ4v) is 3.89. The summed E-state index contributed by atoms with van der Waals surface area (Å²) in [5.74, 6) is -2.12. The first-order chi connectivity index (χ1) is 15.2. The predicted molar refractivity (Wildman–Crippen MR) is 121 cm³/mol. The van der Waals surface area contributed by atoms with E-state index >= 15 is 0 Å². The summed E-state index contributed by atoms with van der Waals surface area (Å²) in [5.41, 5.74) is 2.89. The first-order valence-electron chi connectivity index (χ1n) is 9.49. The summed E-state index contributed by atoms with van der Waals surface area (Å²) in [6, 6.07) is 10.9. The number of hydrogen-bond donors (Lipinski definition) is 1. The van der Waals surface area contributed by atoms with Gasteiger partial charge in [-0.15, -0.1) is 0 Å². The average Bonchev–Trinajstić information content (AvgIpc) is 3.01. The number of aromatic nitrogens is 1. The van der Waals surface area contributed by atoms with E-state index in [4.69, 9.17) is 23.2 Å². The van der Waals surface area contributed by atoms with Gasteiger partial charge >= 0.3 is 6.03 Å². The Hall–Kier alpha value is -3.42. The van der Waals surface area contributed by atoms with E-state index in [-0.39, 0.29) is 11.3 Å². The number of aryl methyl sites for hydroxylation is 1. The van der Waals surface area contributed by atoms with Crippen molar-refractivity contribution in [3.8, 4) is 5.69 Å². The van der Waals surface area contributed by atoms with Crippen LogP contribution in [-0.2, 0) is 9.59 Å². The van der Waals surface area contributed by atoms with E-state index < -0.39 is 23.7 Å². The molecule has 6 nitrogen and oxygen atoms in total. The van der Waals surface area contributed by atoms with Gasteiger partial charge in [0, 0.05) is 17.1 Å². The molecule has 1 saturated heterocycles. The van der Waals surface area contributed by atoms with Gasteiger partial charge in [-0.2, -0.15) is 0 Å². The van der Waals surface area contributed by atoms with Gasteiger partial charge in [0.25, 0.3) is 11.8 Å². The number of halogens is 3. The topological polar surface area (TPSA) is 71.4 Å². The number of anilines is 1. The van der Waals surface area contributed by atoms with Crippen LogP contribution >= 0.6 is 23.2 Å². The van der Waals surface area contributed by atoms with Crippen LogP contribution in [0.25, 0.3) is 11.8 Å². The molecule has 0 radical (unpaired) electrons. The highest BCUT2D eigenvalue weighted by atomic mass is 35.5. The zero-order valence-corrected chi connectivity index (χ0v) is 18.5. The van der Waals surface area contributed by atoms with Crippen LogP contribution in [0.2, 0.25) is 10.0 Å². The summed E-state index contributed by atoms with van der Waals surface area (Å²) in [7, 11) is 0. The van der Waals surface area contributed by atoms with Crippen molar-refractivity contribution in [3.05, 3.63) is 86.9 Å². The summed E-state index contributed by atoms with van der Waals surface area (Å²) < 4.78 is 15.2. The van der Waals surface area contributed by atoms with E-state index in [0.29, 0.717) is 15.6 Å². The minimum absolute atomic E-state index is 0.147. The molecule has 1 aliphatic heterocycles. The highest BCUT2D eigenvalue weighted by Crippen LogP contribution is 2.29. The maximum absolute atomic E-state index is 13.3. The van der Waals surface area contributed by atoms with Gasteiger partial charge < -0.3 is 4.57 Å². The lowest BCUT2D eigenvalue weighted by molar-refractivity contribution is -0.122. The van der Waals surface area contributed by atoms with Crippen molar-refractivity contribution in [1.82, 2.24) is 9.88 Å². The van der Waals surface area contributed by atoms with Crippen molar-refractivity contribution in [1.29, 1.82) is 0 Å². The Morgan fingerprint density at radius 3 is 2.22 bits per heavy atom. The summed E-state index contributed by atoms with van der Waals surface area (Å²) in [5, 5.41) is 2.98. The molecule has 162 valence electrons. The number of nitrogens with one attached hydrogen (secondary N) is 1. The maximum atomic E-state index is 13.3. The zero-order valence-electron chi connectivity index (χ0n) is 16.9. The quantitative estimate of drug-likeness (QED) is 0.421. The van der Waals surface area contributed by atoms with Gasteiger partial charge in [0.05, 0.1) is 15.7 Å². The van der Waals surface area contributed by atoms with Crippen LogP contribution in [0.1, 0.15) is 17.0 Å². The third-order valence-electron chi connectivity index (χ3n) is 5.12. The molecule has 2 aromatic carbocycles. The lowest BCUT2D eigenvalue weighted by Gasteiger charge is -2.26. The second kappa shape index (κ2) is 8.26. The van der Waals surface area contributed by atoms with E-state index in [9.17, 15) is 18.8 Å². The molecule has 9 heteroatoms. The van der Waals surface area contributed by atoms with Gasteiger partial charge in [-0.05, 0) is 74.0 Å². The number of benzene rings is 2. The van der Waals surface area contributed by atoms with Crippen LogP contribution < -0.4 is 10.2 Å². The number of barbiturate groups is 1. The molecule has 0 unspecified atom stereocenters. The number of amides is 4. The van der Waals surface area contributed by atoms with Crippen molar-refractivity contribution in [2.45, 2.75) is 13.8 Å². The first kappa shape index (κ1) is 21.8. The Bertz CT molecular complexity index is 1310. The fourth-order valence-electron chi connectivity index (χ4n) is 3.59. The van der Waals surface area contributed by atoms with E-state index in [0.717, 1.165) is 34.1 Å². The summed E-state index contributed by atoms with van der Waals surface area (Å²) in [4.78, 5) is 38.6. The molecule has 0 aliphatic carbocycles. The lowest BCUT2D eigenvalue weighted by atomic mass is 10.1. The number of nitrogens with zero attached hydrogens (tertiary/aromatic N) is 2. The van der Waals surface area contributed by atoms with E-state index in [1.54, 1.807) is 18.2 Å². The first-order valence-corrected chi connectivity index (χ1v) is 10.2. The van der Waals surface area contributed by atoms with Crippen LogP contribution in [-0.4, -0.2) is 22.4 Å². The second-order valence-corrected chi connectivity index (χ2v) is 8.01. The van der Waals surface area contributed by atoms with Gasteiger partial charge in [0.2, 0.25) is 0 Å². The van der Waals surface area contributed by atoms with Crippen LogP contribution in [0.15, 0.2) is 54.1 Å². The lowest BCUT2D eigenvalue weighted by Crippen LogP contribution is -2.54. The van der Waals surface area contributed by atoms with Crippen LogP contribution in [0.3, 0.4) is 0 Å². The van der Waals surface area contributed by atoms with Gasteiger partial charge in [0.15, 0.2) is 0 Å². The zero-order chi connectivity index (χ0) is 23.2. The van der Waals surface area contributed by atoms with Crippen molar-refractivity contribution in [2.75, 3.05) is 4.90 Å². The number of imide groups is 2. The molecule has 32 heavy (non-hydrogen) atoms. The van der Waals surface area contributed by atoms with E-state index in [2.05, 4.69) is 5.32 Å². The Labute approximate surface area is 192 Å².